The van der Waals surface area contributed by atoms with Crippen molar-refractivity contribution in [2.24, 2.45) is 0 Å². The summed E-state index contributed by atoms with van der Waals surface area (Å²) < 4.78 is 0. The highest BCUT2D eigenvalue weighted by Crippen LogP contribution is 2.38. The third-order valence-electron chi connectivity index (χ3n) is 2.69. The molecular formula is C13H11Cl2NO2S. The fourth-order valence-corrected chi connectivity index (χ4v) is 3.33. The highest BCUT2D eigenvalue weighted by Gasteiger charge is 2.20. The van der Waals surface area contributed by atoms with E-state index in [0.29, 0.717) is 21.4 Å². The minimum atomic E-state index is -0.965. The SMILES string of the molecule is Cc1sc(C)c(C(=O)O)c1Nc1c(Cl)cccc1Cl. The van der Waals surface area contributed by atoms with Crippen LogP contribution in [0.15, 0.2) is 18.2 Å². The number of aromatic carboxylic acids is 1. The summed E-state index contributed by atoms with van der Waals surface area (Å²) in [5.74, 6) is -0.965. The van der Waals surface area contributed by atoms with Gasteiger partial charge in [0.15, 0.2) is 0 Å². The molecule has 1 heterocycles. The van der Waals surface area contributed by atoms with Crippen molar-refractivity contribution in [3.05, 3.63) is 43.6 Å². The van der Waals surface area contributed by atoms with Crippen molar-refractivity contribution in [1.29, 1.82) is 0 Å². The molecule has 6 heteroatoms. The van der Waals surface area contributed by atoms with Crippen LogP contribution in [0.25, 0.3) is 0 Å². The average Bonchev–Trinajstić information content (AvgIpc) is 2.58. The minimum absolute atomic E-state index is 0.262. The molecule has 0 saturated carbocycles. The Hall–Kier alpha value is -1.23. The Bertz CT molecular complexity index is 632. The van der Waals surface area contributed by atoms with Gasteiger partial charge in [0.05, 0.1) is 27.0 Å². The molecule has 0 aliphatic heterocycles. The maximum Gasteiger partial charge on any atom is 0.338 e. The highest BCUT2D eigenvalue weighted by atomic mass is 35.5. The summed E-state index contributed by atoms with van der Waals surface area (Å²) in [6, 6.07) is 5.13. The lowest BCUT2D eigenvalue weighted by molar-refractivity contribution is 0.0698. The molecule has 0 radical (unpaired) electrons. The van der Waals surface area contributed by atoms with Crippen molar-refractivity contribution >= 4 is 51.9 Å². The Kier molecular flexibility index (Phi) is 4.04. The Morgan fingerprint density at radius 1 is 1.16 bits per heavy atom. The first kappa shape index (κ1) is 14.2. The molecule has 2 N–H and O–H groups in total. The zero-order valence-corrected chi connectivity index (χ0v) is 12.6. The second-order valence-electron chi connectivity index (χ2n) is 3.99. The summed E-state index contributed by atoms with van der Waals surface area (Å²) in [5.41, 5.74) is 1.33. The summed E-state index contributed by atoms with van der Waals surface area (Å²) in [4.78, 5) is 12.9. The normalized spacial score (nSPS) is 10.5. The number of hydrogen-bond donors (Lipinski definition) is 2. The topological polar surface area (TPSA) is 49.3 Å². The van der Waals surface area contributed by atoms with Crippen LogP contribution in [0.2, 0.25) is 10.0 Å². The number of carboxylic acids is 1. The summed E-state index contributed by atoms with van der Waals surface area (Å²) in [5, 5.41) is 13.2. The number of carbonyl (C=O) groups is 1. The van der Waals surface area contributed by atoms with E-state index in [0.717, 1.165) is 9.75 Å². The molecule has 3 nitrogen and oxygen atoms in total. The van der Waals surface area contributed by atoms with E-state index in [1.807, 2.05) is 6.92 Å². The maximum absolute atomic E-state index is 11.3. The van der Waals surface area contributed by atoms with E-state index >= 15 is 0 Å². The molecule has 0 atom stereocenters. The largest absolute Gasteiger partial charge is 0.478 e. The lowest BCUT2D eigenvalue weighted by Gasteiger charge is -2.11. The van der Waals surface area contributed by atoms with Crippen molar-refractivity contribution in [1.82, 2.24) is 0 Å². The number of benzene rings is 1. The van der Waals surface area contributed by atoms with Gasteiger partial charge in [-0.2, -0.15) is 0 Å². The third kappa shape index (κ3) is 2.71. The average molecular weight is 316 g/mol. The van der Waals surface area contributed by atoms with Gasteiger partial charge in [-0.3, -0.25) is 0 Å². The number of thiophene rings is 1. The molecule has 0 saturated heterocycles. The van der Waals surface area contributed by atoms with Crippen LogP contribution in [0.4, 0.5) is 11.4 Å². The molecule has 100 valence electrons. The fourth-order valence-electron chi connectivity index (χ4n) is 1.83. The van der Waals surface area contributed by atoms with E-state index < -0.39 is 5.97 Å². The molecule has 0 aliphatic rings. The van der Waals surface area contributed by atoms with Gasteiger partial charge in [0, 0.05) is 9.75 Å². The highest BCUT2D eigenvalue weighted by molar-refractivity contribution is 7.12. The van der Waals surface area contributed by atoms with Gasteiger partial charge in [0.1, 0.15) is 0 Å². The van der Waals surface area contributed by atoms with E-state index in [2.05, 4.69) is 5.32 Å². The van der Waals surface area contributed by atoms with Gasteiger partial charge in [0.25, 0.3) is 0 Å². The van der Waals surface area contributed by atoms with Gasteiger partial charge in [-0.25, -0.2) is 4.79 Å². The van der Waals surface area contributed by atoms with Crippen LogP contribution < -0.4 is 5.32 Å². The molecule has 0 bridgehead atoms. The zero-order chi connectivity index (χ0) is 14.2. The zero-order valence-electron chi connectivity index (χ0n) is 10.3. The first-order valence-electron chi connectivity index (χ1n) is 5.46. The van der Waals surface area contributed by atoms with E-state index in [1.165, 1.54) is 11.3 Å². The Morgan fingerprint density at radius 2 is 1.74 bits per heavy atom. The van der Waals surface area contributed by atoms with Crippen LogP contribution in [-0.4, -0.2) is 11.1 Å². The van der Waals surface area contributed by atoms with E-state index in [-0.39, 0.29) is 5.56 Å². The second kappa shape index (κ2) is 5.41. The summed E-state index contributed by atoms with van der Waals surface area (Å²) >= 11 is 13.6. The van der Waals surface area contributed by atoms with Crippen LogP contribution in [0.1, 0.15) is 20.1 Å². The molecule has 0 aliphatic carbocycles. The lowest BCUT2D eigenvalue weighted by atomic mass is 10.2. The smallest absolute Gasteiger partial charge is 0.338 e. The van der Waals surface area contributed by atoms with Crippen molar-refractivity contribution in [3.8, 4) is 0 Å². The Labute approximate surface area is 124 Å². The van der Waals surface area contributed by atoms with Gasteiger partial charge in [-0.1, -0.05) is 29.3 Å². The number of aryl methyl sites for hydroxylation is 2. The summed E-state index contributed by atoms with van der Waals surface area (Å²) in [7, 11) is 0. The molecule has 2 aromatic rings. The Morgan fingerprint density at radius 3 is 2.26 bits per heavy atom. The molecule has 2 rings (SSSR count). The van der Waals surface area contributed by atoms with Crippen molar-refractivity contribution in [2.75, 3.05) is 5.32 Å². The molecule has 1 aromatic heterocycles. The number of nitrogens with one attached hydrogen (secondary N) is 1. The Balaban J connectivity index is 2.53. The summed E-state index contributed by atoms with van der Waals surface area (Å²) in [6.07, 6.45) is 0. The summed E-state index contributed by atoms with van der Waals surface area (Å²) in [6.45, 7) is 3.64. The number of rotatable bonds is 3. The van der Waals surface area contributed by atoms with Gasteiger partial charge < -0.3 is 10.4 Å². The number of halogens is 2. The molecule has 19 heavy (non-hydrogen) atoms. The molecular weight excluding hydrogens is 305 g/mol. The first-order valence-corrected chi connectivity index (χ1v) is 7.03. The number of carboxylic acid groups (broad SMARTS) is 1. The predicted molar refractivity (Wildman–Crippen MR) is 80.5 cm³/mol. The third-order valence-corrected chi connectivity index (χ3v) is 4.34. The molecule has 0 fully saturated rings. The number of anilines is 2. The predicted octanol–water partition coefficient (Wildman–Crippen LogP) is 5.11. The van der Waals surface area contributed by atoms with Crippen LogP contribution in [0, 0.1) is 13.8 Å². The minimum Gasteiger partial charge on any atom is -0.478 e. The van der Waals surface area contributed by atoms with Crippen LogP contribution >= 0.6 is 34.5 Å². The monoisotopic (exact) mass is 315 g/mol. The van der Waals surface area contributed by atoms with Gasteiger partial charge in [0.2, 0.25) is 0 Å². The van der Waals surface area contributed by atoms with Crippen LogP contribution in [0.5, 0.6) is 0 Å². The second-order valence-corrected chi connectivity index (χ2v) is 6.23. The van der Waals surface area contributed by atoms with E-state index in [9.17, 15) is 9.90 Å². The number of para-hydroxylation sites is 1. The first-order chi connectivity index (χ1) is 8.91. The molecule has 0 unspecified atom stereocenters. The van der Waals surface area contributed by atoms with Crippen molar-refractivity contribution in [3.63, 3.8) is 0 Å². The standard InChI is InChI=1S/C13H11Cl2NO2S/c1-6-10(13(17)18)11(7(2)19-6)16-12-8(14)4-3-5-9(12)15/h3-5,16H,1-2H3,(H,17,18). The van der Waals surface area contributed by atoms with Gasteiger partial charge >= 0.3 is 5.97 Å². The molecule has 0 amide bonds. The number of hydrogen-bond acceptors (Lipinski definition) is 3. The van der Waals surface area contributed by atoms with E-state index in [4.69, 9.17) is 23.2 Å². The molecule has 0 spiro atoms. The van der Waals surface area contributed by atoms with E-state index in [1.54, 1.807) is 25.1 Å². The molecule has 1 aromatic carbocycles. The van der Waals surface area contributed by atoms with Crippen LogP contribution in [0.3, 0.4) is 0 Å². The lowest BCUT2D eigenvalue weighted by Crippen LogP contribution is -2.02. The van der Waals surface area contributed by atoms with Gasteiger partial charge in [-0.15, -0.1) is 11.3 Å². The fraction of sp³-hybridized carbons (Fsp3) is 0.154. The van der Waals surface area contributed by atoms with Crippen LogP contribution in [-0.2, 0) is 0 Å². The van der Waals surface area contributed by atoms with Crippen molar-refractivity contribution in [2.45, 2.75) is 13.8 Å². The quantitative estimate of drug-likeness (QED) is 0.827. The van der Waals surface area contributed by atoms with Crippen molar-refractivity contribution < 1.29 is 9.90 Å². The van der Waals surface area contributed by atoms with Gasteiger partial charge in [-0.05, 0) is 26.0 Å². The maximum atomic E-state index is 11.3.